The van der Waals surface area contributed by atoms with E-state index in [2.05, 4.69) is 10.1 Å². The van der Waals surface area contributed by atoms with E-state index in [0.717, 1.165) is 17.4 Å². The van der Waals surface area contributed by atoms with Crippen molar-refractivity contribution < 1.29 is 27.1 Å². The summed E-state index contributed by atoms with van der Waals surface area (Å²) in [4.78, 5) is 13.7. The fraction of sp³-hybridized carbons (Fsp3) is 0.200. The maximum absolute atomic E-state index is 15.1. The third-order valence-corrected chi connectivity index (χ3v) is 8.19. The van der Waals surface area contributed by atoms with Gasteiger partial charge in [0.15, 0.2) is 9.84 Å². The van der Waals surface area contributed by atoms with Crippen molar-refractivity contribution in [1.29, 1.82) is 0 Å². The minimum absolute atomic E-state index is 0.0223. The van der Waals surface area contributed by atoms with Crippen molar-refractivity contribution in [2.24, 2.45) is 0 Å². The molecule has 206 valence electrons. The molecule has 0 saturated carbocycles. The van der Waals surface area contributed by atoms with E-state index in [1.165, 1.54) is 18.2 Å². The number of carboxylic acid groups (broad SMARTS) is 1. The van der Waals surface area contributed by atoms with Crippen LogP contribution in [0, 0.1) is 11.6 Å². The number of benzene rings is 3. The van der Waals surface area contributed by atoms with Crippen LogP contribution in [0.4, 0.5) is 8.78 Å². The Labute approximate surface area is 230 Å². The van der Waals surface area contributed by atoms with Gasteiger partial charge in [0, 0.05) is 53.5 Å². The number of aryl methyl sites for hydroxylation is 1. The van der Waals surface area contributed by atoms with Gasteiger partial charge in [0.25, 0.3) is 0 Å². The van der Waals surface area contributed by atoms with Gasteiger partial charge >= 0.3 is 5.97 Å². The minimum Gasteiger partial charge on any atom is -0.481 e. The van der Waals surface area contributed by atoms with Gasteiger partial charge in [0.05, 0.1) is 16.6 Å². The fourth-order valence-electron chi connectivity index (χ4n) is 4.97. The van der Waals surface area contributed by atoms with E-state index in [0.29, 0.717) is 28.6 Å². The molecule has 0 saturated heterocycles. The first-order valence-corrected chi connectivity index (χ1v) is 14.5. The van der Waals surface area contributed by atoms with Gasteiger partial charge in [-0.2, -0.15) is 5.10 Å². The molecule has 1 atom stereocenters. The molecule has 0 bridgehead atoms. The van der Waals surface area contributed by atoms with Crippen LogP contribution in [0.3, 0.4) is 0 Å². The van der Waals surface area contributed by atoms with E-state index in [-0.39, 0.29) is 34.9 Å². The van der Waals surface area contributed by atoms with Crippen molar-refractivity contribution in [3.05, 3.63) is 107 Å². The predicted octanol–water partition coefficient (Wildman–Crippen LogP) is 5.93. The summed E-state index contributed by atoms with van der Waals surface area (Å²) in [6.45, 7) is 1.94. The lowest BCUT2D eigenvalue weighted by Gasteiger charge is -2.14. The summed E-state index contributed by atoms with van der Waals surface area (Å²) >= 11 is 0. The summed E-state index contributed by atoms with van der Waals surface area (Å²) in [7, 11) is -3.77. The molecule has 0 aliphatic carbocycles. The Balaban J connectivity index is 1.45. The molecule has 1 unspecified atom stereocenters. The number of nitrogens with zero attached hydrogens (tertiary/aromatic N) is 2. The van der Waals surface area contributed by atoms with Crippen LogP contribution in [0.2, 0.25) is 0 Å². The molecule has 5 aromatic rings. The quantitative estimate of drug-likeness (QED) is 0.231. The highest BCUT2D eigenvalue weighted by Gasteiger charge is 2.23. The average molecular weight is 564 g/mol. The Morgan fingerprint density at radius 2 is 1.85 bits per heavy atom. The summed E-state index contributed by atoms with van der Waals surface area (Å²) in [5, 5.41) is 14.0. The standard InChI is InChI=1S/C30H27F2N3O4S/c1-18(21-5-3-4-19(14-21)7-9-29(36)37)35-13-11-27(34-35)23-15-20(6-8-25(23)31)16-24-26(32)17-28-22(10-12-33-28)30(24)40(2,38)39/h3-6,8,10-15,17-18,33H,7,9,16H2,1-2H3,(H,36,37). The van der Waals surface area contributed by atoms with Crippen LogP contribution in [0.25, 0.3) is 22.2 Å². The van der Waals surface area contributed by atoms with Crippen LogP contribution >= 0.6 is 0 Å². The fourth-order valence-corrected chi connectivity index (χ4v) is 6.16. The summed E-state index contributed by atoms with van der Waals surface area (Å²) in [6, 6.07) is 16.3. The van der Waals surface area contributed by atoms with Gasteiger partial charge in [-0.25, -0.2) is 17.2 Å². The molecule has 5 rings (SSSR count). The summed E-state index contributed by atoms with van der Waals surface area (Å²) < 4.78 is 57.1. The molecule has 0 aliphatic heterocycles. The largest absolute Gasteiger partial charge is 0.481 e. The van der Waals surface area contributed by atoms with E-state index in [4.69, 9.17) is 5.11 Å². The van der Waals surface area contributed by atoms with Gasteiger partial charge in [-0.1, -0.05) is 30.3 Å². The first kappa shape index (κ1) is 27.3. The molecule has 0 radical (unpaired) electrons. The van der Waals surface area contributed by atoms with Gasteiger partial charge in [0.2, 0.25) is 0 Å². The number of rotatable bonds is 9. The summed E-state index contributed by atoms with van der Waals surface area (Å²) in [6.07, 6.45) is 4.73. The van der Waals surface area contributed by atoms with Gasteiger partial charge in [-0.05, 0) is 60.4 Å². The van der Waals surface area contributed by atoms with Crippen molar-refractivity contribution in [2.75, 3.05) is 6.26 Å². The Morgan fingerprint density at radius 1 is 1.05 bits per heavy atom. The summed E-state index contributed by atoms with van der Waals surface area (Å²) in [5.74, 6) is -2.04. The lowest BCUT2D eigenvalue weighted by atomic mass is 9.99. The van der Waals surface area contributed by atoms with E-state index >= 15 is 4.39 Å². The number of aliphatic carboxylic acids is 1. The number of halogens is 2. The van der Waals surface area contributed by atoms with Gasteiger partial charge < -0.3 is 10.1 Å². The highest BCUT2D eigenvalue weighted by molar-refractivity contribution is 7.91. The smallest absolute Gasteiger partial charge is 0.303 e. The second-order valence-electron chi connectivity index (χ2n) is 9.86. The molecule has 0 spiro atoms. The predicted molar refractivity (Wildman–Crippen MR) is 148 cm³/mol. The van der Waals surface area contributed by atoms with Crippen LogP contribution in [0.15, 0.2) is 78.0 Å². The highest BCUT2D eigenvalue weighted by Crippen LogP contribution is 2.32. The second kappa shape index (κ2) is 10.7. The molecule has 2 N–H and O–H groups in total. The van der Waals surface area contributed by atoms with Crippen LogP contribution in [-0.4, -0.2) is 40.5 Å². The zero-order chi connectivity index (χ0) is 28.6. The molecule has 10 heteroatoms. The number of aromatic nitrogens is 3. The van der Waals surface area contributed by atoms with Crippen LogP contribution in [0.5, 0.6) is 0 Å². The van der Waals surface area contributed by atoms with Gasteiger partial charge in [-0.3, -0.25) is 9.48 Å². The Hall–Kier alpha value is -4.31. The van der Waals surface area contributed by atoms with Crippen LogP contribution in [0.1, 0.15) is 41.6 Å². The molecule has 2 aromatic heterocycles. The molecule has 2 heterocycles. The maximum Gasteiger partial charge on any atom is 0.303 e. The van der Waals surface area contributed by atoms with Crippen molar-refractivity contribution in [3.63, 3.8) is 0 Å². The Bertz CT molecular complexity index is 1840. The van der Waals surface area contributed by atoms with E-state index in [1.807, 2.05) is 31.2 Å². The van der Waals surface area contributed by atoms with Gasteiger partial charge in [0.1, 0.15) is 11.6 Å². The molecule has 0 amide bonds. The monoisotopic (exact) mass is 563 g/mol. The number of aromatic amines is 1. The number of carbonyl (C=O) groups is 1. The Kier molecular flexibility index (Phi) is 7.29. The molecule has 0 aliphatic rings. The topological polar surface area (TPSA) is 105 Å². The number of carboxylic acids is 1. The maximum atomic E-state index is 15.1. The van der Waals surface area contributed by atoms with Crippen LogP contribution < -0.4 is 0 Å². The molecule has 0 fully saturated rings. The average Bonchev–Trinajstić information content (AvgIpc) is 3.57. The number of hydrogen-bond acceptors (Lipinski definition) is 4. The number of fused-ring (bicyclic) bond motifs is 1. The van der Waals surface area contributed by atoms with Crippen molar-refractivity contribution in [1.82, 2.24) is 14.8 Å². The number of H-pyrrole nitrogens is 1. The molecule has 7 nitrogen and oxygen atoms in total. The number of nitrogens with one attached hydrogen (secondary N) is 1. The molecular weight excluding hydrogens is 536 g/mol. The van der Waals surface area contributed by atoms with Crippen molar-refractivity contribution in [3.8, 4) is 11.3 Å². The lowest BCUT2D eigenvalue weighted by Crippen LogP contribution is -2.08. The van der Waals surface area contributed by atoms with Crippen molar-refractivity contribution >= 4 is 26.7 Å². The SMILES string of the molecule is CC(c1cccc(CCC(=O)O)c1)n1ccc(-c2cc(Cc3c(F)cc4[nH]ccc4c3S(C)(=O)=O)ccc2F)n1. The zero-order valence-corrected chi connectivity index (χ0v) is 22.7. The normalized spacial score (nSPS) is 12.6. The zero-order valence-electron chi connectivity index (χ0n) is 21.9. The van der Waals surface area contributed by atoms with E-state index in [9.17, 15) is 17.6 Å². The highest BCUT2D eigenvalue weighted by atomic mass is 32.2. The van der Waals surface area contributed by atoms with E-state index < -0.39 is 27.4 Å². The third kappa shape index (κ3) is 5.53. The summed E-state index contributed by atoms with van der Waals surface area (Å²) in [5.41, 5.74) is 3.35. The number of sulfone groups is 1. The van der Waals surface area contributed by atoms with Gasteiger partial charge in [-0.15, -0.1) is 0 Å². The lowest BCUT2D eigenvalue weighted by molar-refractivity contribution is -0.136. The molecule has 40 heavy (non-hydrogen) atoms. The second-order valence-corrected chi connectivity index (χ2v) is 11.8. The number of hydrogen-bond donors (Lipinski definition) is 2. The van der Waals surface area contributed by atoms with Crippen molar-refractivity contribution in [2.45, 2.75) is 37.1 Å². The third-order valence-electron chi connectivity index (χ3n) is 6.98. The van der Waals surface area contributed by atoms with Crippen LogP contribution in [-0.2, 0) is 27.5 Å². The van der Waals surface area contributed by atoms with E-state index in [1.54, 1.807) is 35.3 Å². The molecular formula is C30H27F2N3O4S. The first-order valence-electron chi connectivity index (χ1n) is 12.6. The Morgan fingerprint density at radius 3 is 2.60 bits per heavy atom. The molecule has 3 aromatic carbocycles. The first-order chi connectivity index (χ1) is 19.0. The minimum atomic E-state index is -3.77.